The van der Waals surface area contributed by atoms with Gasteiger partial charge in [0.2, 0.25) is 0 Å². The Bertz CT molecular complexity index is 3760. The molecule has 0 amide bonds. The quantitative estimate of drug-likeness (QED) is 0.167. The molecular formula is C58H42N6O. The molecule has 2 atom stereocenters. The number of allylic oxidation sites excluding steroid dienone is 2. The number of furan rings is 1. The molecule has 2 aliphatic rings. The molecule has 7 heterocycles. The van der Waals surface area contributed by atoms with Gasteiger partial charge in [0.15, 0.2) is 0 Å². The van der Waals surface area contributed by atoms with E-state index in [2.05, 4.69) is 156 Å². The van der Waals surface area contributed by atoms with E-state index in [-0.39, 0.29) is 5.92 Å². The van der Waals surface area contributed by atoms with Gasteiger partial charge in [0.05, 0.1) is 44.5 Å². The molecule has 0 fully saturated rings. The monoisotopic (exact) mass is 838 g/mol. The third-order valence-electron chi connectivity index (χ3n) is 13.8. The molecule has 7 heteroatoms. The van der Waals surface area contributed by atoms with E-state index in [1.807, 2.05) is 55.1 Å². The van der Waals surface area contributed by atoms with Crippen LogP contribution in [-0.4, -0.2) is 29.1 Å². The van der Waals surface area contributed by atoms with E-state index in [9.17, 15) is 0 Å². The fourth-order valence-corrected chi connectivity index (χ4v) is 10.8. The summed E-state index contributed by atoms with van der Waals surface area (Å²) in [5.41, 5.74) is 19.6. The highest BCUT2D eigenvalue weighted by Gasteiger charge is 2.35. The number of aromatic nitrogens is 6. The van der Waals surface area contributed by atoms with Crippen molar-refractivity contribution in [2.75, 3.05) is 0 Å². The molecule has 13 rings (SSSR count). The second kappa shape index (κ2) is 14.4. The van der Waals surface area contributed by atoms with E-state index < -0.39 is 5.54 Å². The van der Waals surface area contributed by atoms with Crippen LogP contribution in [0.5, 0.6) is 0 Å². The largest absolute Gasteiger partial charge is 0.456 e. The third-order valence-corrected chi connectivity index (χ3v) is 13.8. The van der Waals surface area contributed by atoms with Gasteiger partial charge in [-0.3, -0.25) is 19.9 Å². The minimum Gasteiger partial charge on any atom is -0.456 e. The topological polar surface area (TPSA) is 74.6 Å². The van der Waals surface area contributed by atoms with Crippen molar-refractivity contribution in [2.45, 2.75) is 32.2 Å². The molecule has 0 saturated carbocycles. The van der Waals surface area contributed by atoms with Gasteiger partial charge < -0.3 is 13.6 Å². The van der Waals surface area contributed by atoms with Gasteiger partial charge >= 0.3 is 0 Å². The number of rotatable bonds is 6. The summed E-state index contributed by atoms with van der Waals surface area (Å²) in [5, 5.41) is 2.25. The van der Waals surface area contributed by atoms with Crippen LogP contribution in [-0.2, 0) is 18.4 Å². The number of nitrogens with zero attached hydrogens (tertiary/aromatic N) is 6. The smallest absolute Gasteiger partial charge is 0.135 e. The van der Waals surface area contributed by atoms with Gasteiger partial charge in [-0.25, -0.2) is 0 Å². The maximum atomic E-state index is 6.64. The highest BCUT2D eigenvalue weighted by molar-refractivity contribution is 6.08. The van der Waals surface area contributed by atoms with Gasteiger partial charge in [0.1, 0.15) is 11.3 Å². The van der Waals surface area contributed by atoms with Gasteiger partial charge in [-0.15, -0.1) is 0 Å². The highest BCUT2D eigenvalue weighted by Crippen LogP contribution is 2.46. The van der Waals surface area contributed by atoms with Crippen LogP contribution in [0, 0.1) is 5.92 Å². The van der Waals surface area contributed by atoms with Crippen molar-refractivity contribution < 1.29 is 4.42 Å². The Morgan fingerprint density at radius 1 is 0.600 bits per heavy atom. The van der Waals surface area contributed by atoms with Crippen LogP contribution in [0.15, 0.2) is 181 Å². The lowest BCUT2D eigenvalue weighted by molar-refractivity contribution is 0.424. The molecule has 310 valence electrons. The molecule has 0 bridgehead atoms. The first-order valence-electron chi connectivity index (χ1n) is 22.4. The van der Waals surface area contributed by atoms with Gasteiger partial charge in [-0.05, 0) is 133 Å². The minimum atomic E-state index is -0.415. The maximum absolute atomic E-state index is 6.64. The summed E-state index contributed by atoms with van der Waals surface area (Å²) in [4.78, 5) is 19.5. The molecule has 0 radical (unpaired) electrons. The van der Waals surface area contributed by atoms with Gasteiger partial charge in [0, 0.05) is 75.6 Å². The fourth-order valence-electron chi connectivity index (χ4n) is 10.8. The van der Waals surface area contributed by atoms with E-state index in [1.54, 1.807) is 0 Å². The second-order valence-corrected chi connectivity index (χ2v) is 17.7. The lowest BCUT2D eigenvalue weighted by atomic mass is 9.82. The van der Waals surface area contributed by atoms with Crippen molar-refractivity contribution in [3.05, 3.63) is 205 Å². The summed E-state index contributed by atoms with van der Waals surface area (Å²) >= 11 is 0. The van der Waals surface area contributed by atoms with Crippen LogP contribution in [0.2, 0.25) is 0 Å². The summed E-state index contributed by atoms with van der Waals surface area (Å²) < 4.78 is 11.6. The van der Waals surface area contributed by atoms with Gasteiger partial charge in [-0.1, -0.05) is 79.7 Å². The van der Waals surface area contributed by atoms with Crippen molar-refractivity contribution in [3.8, 4) is 39.3 Å². The summed E-state index contributed by atoms with van der Waals surface area (Å²) in [7, 11) is 0. The first kappa shape index (κ1) is 37.4. The average molecular weight is 839 g/mol. The van der Waals surface area contributed by atoms with Crippen molar-refractivity contribution in [3.63, 3.8) is 0 Å². The summed E-state index contributed by atoms with van der Waals surface area (Å²) in [6.07, 6.45) is 16.0. The minimum absolute atomic E-state index is 0.263. The van der Waals surface area contributed by atoms with Crippen molar-refractivity contribution >= 4 is 61.7 Å². The van der Waals surface area contributed by atoms with Crippen molar-refractivity contribution in [1.82, 2.24) is 29.1 Å². The van der Waals surface area contributed by atoms with E-state index in [0.29, 0.717) is 0 Å². The van der Waals surface area contributed by atoms with Crippen LogP contribution >= 0.6 is 0 Å². The molecule has 0 N–H and O–H groups in total. The molecule has 65 heavy (non-hydrogen) atoms. The second-order valence-electron chi connectivity index (χ2n) is 17.7. The Morgan fingerprint density at radius 3 is 2.03 bits per heavy atom. The molecule has 0 aliphatic heterocycles. The first-order chi connectivity index (χ1) is 32.0. The van der Waals surface area contributed by atoms with Crippen LogP contribution in [0.4, 0.5) is 0 Å². The summed E-state index contributed by atoms with van der Waals surface area (Å²) in [5.74, 6) is 1.18. The van der Waals surface area contributed by atoms with E-state index >= 15 is 0 Å². The Hall–Kier alpha value is -8.16. The van der Waals surface area contributed by atoms with Crippen LogP contribution in [0.3, 0.4) is 0 Å². The summed E-state index contributed by atoms with van der Waals surface area (Å²) in [6.45, 7) is 4.68. The Balaban J connectivity index is 0.919. The SMILES string of the molecule is CC1Cc2c(c3ncccc3n2-c2ccc3oc4c(c3c2)CC(C)(n2c3ccc(-c5ccccc5-c5ccccn5)cc3c3ncccc32)C=C4)C=C1c1ccccc1-c1ccccn1. The molecule has 4 aromatic carbocycles. The van der Waals surface area contributed by atoms with E-state index in [0.717, 1.165) is 102 Å². The molecule has 2 unspecified atom stereocenters. The van der Waals surface area contributed by atoms with Gasteiger partial charge in [0.25, 0.3) is 0 Å². The zero-order valence-corrected chi connectivity index (χ0v) is 36.0. The lowest BCUT2D eigenvalue weighted by Gasteiger charge is -2.32. The molecule has 7 aromatic heterocycles. The average Bonchev–Trinajstić information content (AvgIpc) is 4.01. The molecule has 0 spiro atoms. The number of pyridine rings is 4. The van der Waals surface area contributed by atoms with Crippen LogP contribution < -0.4 is 0 Å². The Kier molecular flexibility index (Phi) is 8.31. The third kappa shape index (κ3) is 5.82. The molecule has 11 aromatic rings. The molecule has 7 nitrogen and oxygen atoms in total. The van der Waals surface area contributed by atoms with Crippen molar-refractivity contribution in [2.24, 2.45) is 5.92 Å². The summed E-state index contributed by atoms with van der Waals surface area (Å²) in [6, 6.07) is 51.4. The standard InChI is InChI=1S/C58H42N6O/c1-36-31-53-46(34-43(36)40-14-4-6-16-42(40)49-18-8-10-28-60-49)56-51(19-11-29-61-56)63(53)38-22-24-54-44(33-38)47-35-58(2,26-25-55(47)65-54)64-50-23-21-37(32-45(50)57-52(64)20-12-30-62-57)39-13-3-5-15-41(39)48-17-7-9-27-59-48/h3-30,32-34,36H,31,35H2,1-2H3. The van der Waals surface area contributed by atoms with Gasteiger partial charge in [-0.2, -0.15) is 0 Å². The Labute approximate surface area is 375 Å². The number of fused-ring (bicyclic) bond motifs is 9. The highest BCUT2D eigenvalue weighted by atomic mass is 16.3. The predicted molar refractivity (Wildman–Crippen MR) is 264 cm³/mol. The maximum Gasteiger partial charge on any atom is 0.135 e. The normalized spacial score (nSPS) is 16.9. The van der Waals surface area contributed by atoms with Crippen LogP contribution in [0.25, 0.3) is 101 Å². The first-order valence-corrected chi connectivity index (χ1v) is 22.4. The predicted octanol–water partition coefficient (Wildman–Crippen LogP) is 13.8. The Morgan fingerprint density at radius 2 is 1.28 bits per heavy atom. The van der Waals surface area contributed by atoms with E-state index in [1.165, 1.54) is 28.0 Å². The number of hydrogen-bond donors (Lipinski definition) is 0. The number of benzene rings is 4. The number of hydrogen-bond acceptors (Lipinski definition) is 5. The molecule has 0 saturated heterocycles. The van der Waals surface area contributed by atoms with E-state index in [4.69, 9.17) is 24.4 Å². The molecular weight excluding hydrogens is 797 g/mol. The zero-order valence-electron chi connectivity index (χ0n) is 36.0. The lowest BCUT2D eigenvalue weighted by Crippen LogP contribution is -2.32. The van der Waals surface area contributed by atoms with Crippen molar-refractivity contribution in [1.29, 1.82) is 0 Å². The van der Waals surface area contributed by atoms with Crippen LogP contribution in [0.1, 0.15) is 42.0 Å². The zero-order chi connectivity index (χ0) is 43.2. The fraction of sp³-hybridized carbons (Fsp3) is 0.103. The molecule has 2 aliphatic carbocycles.